The summed E-state index contributed by atoms with van der Waals surface area (Å²) in [4.78, 5) is 28.8. The van der Waals surface area contributed by atoms with Crippen LogP contribution in [0, 0.1) is 0 Å². The molecule has 1 aliphatic heterocycles. The Kier molecular flexibility index (Phi) is 6.37. The number of Topliss-reactive ketones (excluding diaryl/α,β-unsaturated/α-hetero) is 1. The molecule has 5 heteroatoms. The van der Waals surface area contributed by atoms with Crippen molar-refractivity contribution in [2.75, 3.05) is 31.5 Å². The van der Waals surface area contributed by atoms with Gasteiger partial charge in [-0.3, -0.25) is 19.4 Å². The number of nitrogens with one attached hydrogen (secondary N) is 1. The van der Waals surface area contributed by atoms with E-state index in [1.54, 1.807) is 18.2 Å². The van der Waals surface area contributed by atoms with E-state index in [0.29, 0.717) is 11.3 Å². The number of benzene rings is 2. The van der Waals surface area contributed by atoms with Crippen molar-refractivity contribution in [2.24, 2.45) is 0 Å². The van der Waals surface area contributed by atoms with E-state index in [-0.39, 0.29) is 17.7 Å². The Bertz CT molecular complexity index is 783. The molecule has 3 rings (SSSR count). The SMILES string of the molecule is CC(=O)c1cccc(NC(=O)[C@H](C)N2CCN(Cc3ccccc3)CC2)c1. The topological polar surface area (TPSA) is 52.7 Å². The Hall–Kier alpha value is -2.50. The molecular weight excluding hydrogens is 338 g/mol. The summed E-state index contributed by atoms with van der Waals surface area (Å²) in [6, 6.07) is 17.4. The highest BCUT2D eigenvalue weighted by atomic mass is 16.2. The zero-order valence-electron chi connectivity index (χ0n) is 16.0. The van der Waals surface area contributed by atoms with Crippen LogP contribution in [0.4, 0.5) is 5.69 Å². The van der Waals surface area contributed by atoms with E-state index in [9.17, 15) is 9.59 Å². The lowest BCUT2D eigenvalue weighted by molar-refractivity contribution is -0.121. The first kappa shape index (κ1) is 19.3. The second-order valence-corrected chi connectivity index (χ2v) is 7.10. The van der Waals surface area contributed by atoms with Gasteiger partial charge in [-0.1, -0.05) is 42.5 Å². The zero-order chi connectivity index (χ0) is 19.2. The number of piperazine rings is 1. The lowest BCUT2D eigenvalue weighted by atomic mass is 10.1. The largest absolute Gasteiger partial charge is 0.325 e. The zero-order valence-corrected chi connectivity index (χ0v) is 16.0. The van der Waals surface area contributed by atoms with Crippen molar-refractivity contribution in [1.29, 1.82) is 0 Å². The first-order valence-corrected chi connectivity index (χ1v) is 9.45. The van der Waals surface area contributed by atoms with Gasteiger partial charge in [0.2, 0.25) is 5.91 Å². The maximum absolute atomic E-state index is 12.6. The summed E-state index contributed by atoms with van der Waals surface area (Å²) in [5, 5.41) is 2.94. The summed E-state index contributed by atoms with van der Waals surface area (Å²) >= 11 is 0. The Balaban J connectivity index is 1.51. The Morgan fingerprint density at radius 1 is 1.00 bits per heavy atom. The van der Waals surface area contributed by atoms with Gasteiger partial charge in [-0.2, -0.15) is 0 Å². The summed E-state index contributed by atoms with van der Waals surface area (Å²) in [5.41, 5.74) is 2.60. The normalized spacial score (nSPS) is 16.7. The van der Waals surface area contributed by atoms with E-state index in [4.69, 9.17) is 0 Å². The van der Waals surface area contributed by atoms with Gasteiger partial charge in [-0.25, -0.2) is 0 Å². The third kappa shape index (κ3) is 5.25. The van der Waals surface area contributed by atoms with E-state index < -0.39 is 0 Å². The minimum absolute atomic E-state index is 0.00585. The van der Waals surface area contributed by atoms with Crippen molar-refractivity contribution in [1.82, 2.24) is 9.80 Å². The van der Waals surface area contributed by atoms with Crippen LogP contribution in [-0.2, 0) is 11.3 Å². The van der Waals surface area contributed by atoms with Gasteiger partial charge in [0.1, 0.15) is 0 Å². The van der Waals surface area contributed by atoms with Crippen molar-refractivity contribution in [2.45, 2.75) is 26.4 Å². The van der Waals surface area contributed by atoms with Crippen LogP contribution in [0.15, 0.2) is 54.6 Å². The number of carbonyl (C=O) groups is 2. The second-order valence-electron chi connectivity index (χ2n) is 7.10. The molecular formula is C22H27N3O2. The molecule has 2 aromatic carbocycles. The molecule has 0 spiro atoms. The molecule has 1 atom stereocenters. The summed E-state index contributed by atoms with van der Waals surface area (Å²) in [7, 11) is 0. The molecule has 1 fully saturated rings. The maximum atomic E-state index is 12.6. The van der Waals surface area contributed by atoms with Crippen molar-refractivity contribution in [3.8, 4) is 0 Å². The quantitative estimate of drug-likeness (QED) is 0.800. The smallest absolute Gasteiger partial charge is 0.241 e. The van der Waals surface area contributed by atoms with Crippen LogP contribution in [-0.4, -0.2) is 53.7 Å². The molecule has 142 valence electrons. The highest BCUT2D eigenvalue weighted by molar-refractivity contribution is 5.98. The summed E-state index contributed by atoms with van der Waals surface area (Å²) in [5.74, 6) is -0.0408. The highest BCUT2D eigenvalue weighted by Gasteiger charge is 2.25. The number of nitrogens with zero attached hydrogens (tertiary/aromatic N) is 2. The molecule has 1 heterocycles. The fourth-order valence-electron chi connectivity index (χ4n) is 3.38. The van der Waals surface area contributed by atoms with Gasteiger partial charge in [0.25, 0.3) is 0 Å². The van der Waals surface area contributed by atoms with E-state index in [0.717, 1.165) is 32.7 Å². The van der Waals surface area contributed by atoms with Crippen LogP contribution in [0.5, 0.6) is 0 Å². The first-order valence-electron chi connectivity index (χ1n) is 9.45. The predicted molar refractivity (Wildman–Crippen MR) is 108 cm³/mol. The fraction of sp³-hybridized carbons (Fsp3) is 0.364. The molecule has 0 bridgehead atoms. The number of rotatable bonds is 6. The number of ketones is 1. The predicted octanol–water partition coefficient (Wildman–Crippen LogP) is 3.03. The average molecular weight is 365 g/mol. The fourth-order valence-corrected chi connectivity index (χ4v) is 3.38. The second kappa shape index (κ2) is 8.93. The van der Waals surface area contributed by atoms with Gasteiger partial charge >= 0.3 is 0 Å². The molecule has 1 N–H and O–H groups in total. The van der Waals surface area contributed by atoms with Gasteiger partial charge in [-0.15, -0.1) is 0 Å². The standard InChI is InChI=1S/C22H27N3O2/c1-17(22(27)23-21-10-6-9-20(15-21)18(2)26)25-13-11-24(12-14-25)16-19-7-4-3-5-8-19/h3-10,15,17H,11-14,16H2,1-2H3,(H,23,27)/t17-/m0/s1. The molecule has 5 nitrogen and oxygen atoms in total. The lowest BCUT2D eigenvalue weighted by Gasteiger charge is -2.37. The molecule has 0 radical (unpaired) electrons. The van der Waals surface area contributed by atoms with Gasteiger partial charge < -0.3 is 5.32 Å². The molecule has 0 aliphatic carbocycles. The van der Waals surface area contributed by atoms with E-state index >= 15 is 0 Å². The van der Waals surface area contributed by atoms with Crippen LogP contribution >= 0.6 is 0 Å². The van der Waals surface area contributed by atoms with Crippen LogP contribution in [0.2, 0.25) is 0 Å². The number of hydrogen-bond acceptors (Lipinski definition) is 4. The summed E-state index contributed by atoms with van der Waals surface area (Å²) in [6.45, 7) is 8.06. The molecule has 0 unspecified atom stereocenters. The summed E-state index contributed by atoms with van der Waals surface area (Å²) in [6.07, 6.45) is 0. The molecule has 1 saturated heterocycles. The number of anilines is 1. The van der Waals surface area contributed by atoms with E-state index in [2.05, 4.69) is 39.4 Å². The first-order chi connectivity index (χ1) is 13.0. The Labute approximate surface area is 161 Å². The van der Waals surface area contributed by atoms with Crippen molar-refractivity contribution < 1.29 is 9.59 Å². The van der Waals surface area contributed by atoms with Gasteiger partial charge in [0, 0.05) is 44.0 Å². The van der Waals surface area contributed by atoms with Crippen molar-refractivity contribution >= 4 is 17.4 Å². The number of hydrogen-bond donors (Lipinski definition) is 1. The average Bonchev–Trinajstić information content (AvgIpc) is 2.69. The summed E-state index contributed by atoms with van der Waals surface area (Å²) < 4.78 is 0. The van der Waals surface area contributed by atoms with Gasteiger partial charge in [0.15, 0.2) is 5.78 Å². The third-order valence-corrected chi connectivity index (χ3v) is 5.12. The van der Waals surface area contributed by atoms with Crippen molar-refractivity contribution in [3.05, 3.63) is 65.7 Å². The van der Waals surface area contributed by atoms with E-state index in [1.807, 2.05) is 19.1 Å². The number of carbonyl (C=O) groups excluding carboxylic acids is 2. The maximum Gasteiger partial charge on any atom is 0.241 e. The third-order valence-electron chi connectivity index (χ3n) is 5.12. The monoisotopic (exact) mass is 365 g/mol. The van der Waals surface area contributed by atoms with Crippen LogP contribution in [0.3, 0.4) is 0 Å². The van der Waals surface area contributed by atoms with E-state index in [1.165, 1.54) is 12.5 Å². The van der Waals surface area contributed by atoms with Gasteiger partial charge in [0.05, 0.1) is 6.04 Å². The minimum atomic E-state index is -0.204. The molecule has 0 saturated carbocycles. The van der Waals surface area contributed by atoms with Crippen LogP contribution in [0.1, 0.15) is 29.8 Å². The molecule has 1 amide bonds. The molecule has 0 aromatic heterocycles. The minimum Gasteiger partial charge on any atom is -0.325 e. The molecule has 27 heavy (non-hydrogen) atoms. The molecule has 1 aliphatic rings. The lowest BCUT2D eigenvalue weighted by Crippen LogP contribution is -2.52. The Morgan fingerprint density at radius 2 is 1.70 bits per heavy atom. The van der Waals surface area contributed by atoms with Crippen LogP contribution < -0.4 is 5.32 Å². The highest BCUT2D eigenvalue weighted by Crippen LogP contribution is 2.14. The van der Waals surface area contributed by atoms with Gasteiger partial charge in [-0.05, 0) is 31.5 Å². The Morgan fingerprint density at radius 3 is 2.37 bits per heavy atom. The van der Waals surface area contributed by atoms with Crippen molar-refractivity contribution in [3.63, 3.8) is 0 Å². The molecule has 2 aromatic rings. The van der Waals surface area contributed by atoms with Crippen LogP contribution in [0.25, 0.3) is 0 Å². The number of amides is 1.